The number of rotatable bonds is 18. The molecule has 0 N–H and O–H groups in total. The van der Waals surface area contributed by atoms with Crippen molar-refractivity contribution in [2.45, 2.75) is 90.9 Å². The average molecular weight is 763 g/mol. The minimum Gasteiger partial charge on any atom is -0.493 e. The molecule has 0 spiro atoms. The van der Waals surface area contributed by atoms with E-state index < -0.39 is 0 Å². The molecule has 0 aliphatic heterocycles. The summed E-state index contributed by atoms with van der Waals surface area (Å²) in [5, 5.41) is 2.50. The van der Waals surface area contributed by atoms with Crippen LogP contribution in [0.5, 0.6) is 11.5 Å². The Morgan fingerprint density at radius 3 is 1.33 bits per heavy atom. The SMILES string of the molecule is CCCCCCCCOc1cc2c(cc1-c1ccc(Br)s1)sc1cc(-c3ccc(Br)s3)c(OCCCCCCCC)cc12. The van der Waals surface area contributed by atoms with Gasteiger partial charge in [-0.15, -0.1) is 34.0 Å². The van der Waals surface area contributed by atoms with Crippen molar-refractivity contribution in [1.82, 2.24) is 0 Å². The van der Waals surface area contributed by atoms with Crippen molar-refractivity contribution < 1.29 is 9.47 Å². The summed E-state index contributed by atoms with van der Waals surface area (Å²) in [6.45, 7) is 6.04. The first kappa shape index (κ1) is 33.0. The molecule has 5 rings (SSSR count). The molecule has 0 bridgehead atoms. The summed E-state index contributed by atoms with van der Waals surface area (Å²) in [5.74, 6) is 1.96. The highest BCUT2D eigenvalue weighted by molar-refractivity contribution is 9.11. The first-order chi connectivity index (χ1) is 21.1. The molecule has 0 fully saturated rings. The fraction of sp³-hybridized carbons (Fsp3) is 0.444. The van der Waals surface area contributed by atoms with Gasteiger partial charge >= 0.3 is 0 Å². The molecule has 0 aliphatic carbocycles. The fourth-order valence-corrected chi connectivity index (χ4v) is 9.46. The number of benzene rings is 2. The van der Waals surface area contributed by atoms with Gasteiger partial charge in [-0.1, -0.05) is 78.1 Å². The first-order valence-electron chi connectivity index (χ1n) is 15.9. The number of halogens is 2. The van der Waals surface area contributed by atoms with Crippen molar-refractivity contribution in [2.75, 3.05) is 13.2 Å². The zero-order valence-electron chi connectivity index (χ0n) is 25.3. The van der Waals surface area contributed by atoms with Gasteiger partial charge in [0.1, 0.15) is 11.5 Å². The van der Waals surface area contributed by atoms with Gasteiger partial charge in [-0.05, 0) is 93.2 Å². The van der Waals surface area contributed by atoms with Crippen LogP contribution in [0.1, 0.15) is 90.9 Å². The number of hydrogen-bond donors (Lipinski definition) is 0. The van der Waals surface area contributed by atoms with Gasteiger partial charge in [0.05, 0.1) is 20.8 Å². The molecule has 0 amide bonds. The fourth-order valence-electron chi connectivity index (χ4n) is 5.50. The highest BCUT2D eigenvalue weighted by atomic mass is 79.9. The zero-order valence-corrected chi connectivity index (χ0v) is 30.9. The summed E-state index contributed by atoms with van der Waals surface area (Å²) < 4.78 is 17.9. The molecule has 0 aliphatic rings. The van der Waals surface area contributed by atoms with Crippen molar-refractivity contribution >= 4 is 86.0 Å². The number of ether oxygens (including phenoxy) is 2. The third-order valence-electron chi connectivity index (χ3n) is 7.86. The molecule has 2 aromatic carbocycles. The van der Waals surface area contributed by atoms with Crippen molar-refractivity contribution in [3.8, 4) is 32.4 Å². The van der Waals surface area contributed by atoms with E-state index in [0.29, 0.717) is 0 Å². The van der Waals surface area contributed by atoms with E-state index in [-0.39, 0.29) is 0 Å². The number of fused-ring (bicyclic) bond motifs is 3. The van der Waals surface area contributed by atoms with E-state index in [0.717, 1.165) is 45.1 Å². The van der Waals surface area contributed by atoms with Gasteiger partial charge in [-0.2, -0.15) is 0 Å². The summed E-state index contributed by atoms with van der Waals surface area (Å²) in [4.78, 5) is 2.47. The largest absolute Gasteiger partial charge is 0.493 e. The molecule has 0 unspecified atom stereocenters. The number of unbranched alkanes of at least 4 members (excludes halogenated alkanes) is 10. The van der Waals surface area contributed by atoms with E-state index >= 15 is 0 Å². The van der Waals surface area contributed by atoms with Crippen LogP contribution in [0, 0.1) is 0 Å². The predicted molar refractivity (Wildman–Crippen MR) is 199 cm³/mol. The Labute approximate surface area is 286 Å². The summed E-state index contributed by atoms with van der Waals surface area (Å²) >= 11 is 12.7. The molecule has 43 heavy (non-hydrogen) atoms. The molecule has 0 radical (unpaired) electrons. The lowest BCUT2D eigenvalue weighted by Crippen LogP contribution is -1.99. The third kappa shape index (κ3) is 8.88. The van der Waals surface area contributed by atoms with Gasteiger partial charge in [0.2, 0.25) is 0 Å². The highest BCUT2D eigenvalue weighted by Gasteiger charge is 2.18. The predicted octanol–water partition coefficient (Wildman–Crippen LogP) is 14.5. The van der Waals surface area contributed by atoms with Crippen LogP contribution >= 0.6 is 65.9 Å². The van der Waals surface area contributed by atoms with Crippen LogP contribution in [0.25, 0.3) is 41.1 Å². The Hall–Kier alpha value is -1.38. The maximum atomic E-state index is 6.54. The van der Waals surface area contributed by atoms with E-state index in [1.807, 2.05) is 11.3 Å². The monoisotopic (exact) mass is 760 g/mol. The molecule has 3 heterocycles. The van der Waals surface area contributed by atoms with Crippen LogP contribution in [0.3, 0.4) is 0 Å². The van der Waals surface area contributed by atoms with Crippen molar-refractivity contribution in [3.63, 3.8) is 0 Å². The summed E-state index contributed by atoms with van der Waals surface area (Å²) in [6, 6.07) is 17.9. The van der Waals surface area contributed by atoms with E-state index in [4.69, 9.17) is 9.47 Å². The second-order valence-electron chi connectivity index (χ2n) is 11.2. The van der Waals surface area contributed by atoms with Crippen LogP contribution in [-0.4, -0.2) is 13.2 Å². The Kier molecular flexibility index (Phi) is 12.9. The number of hydrogen-bond acceptors (Lipinski definition) is 5. The molecule has 7 heteroatoms. The molecule has 0 saturated heterocycles. The van der Waals surface area contributed by atoms with Gasteiger partial charge < -0.3 is 9.47 Å². The van der Waals surface area contributed by atoms with Crippen LogP contribution in [0.15, 0.2) is 56.1 Å². The second kappa shape index (κ2) is 16.8. The van der Waals surface area contributed by atoms with Gasteiger partial charge in [-0.25, -0.2) is 0 Å². The third-order valence-corrected chi connectivity index (χ3v) is 12.3. The van der Waals surface area contributed by atoms with E-state index in [9.17, 15) is 0 Å². The molecular weight excluding hydrogens is 720 g/mol. The Morgan fingerprint density at radius 1 is 0.512 bits per heavy atom. The molecule has 2 nitrogen and oxygen atoms in total. The lowest BCUT2D eigenvalue weighted by Gasteiger charge is -2.13. The normalized spacial score (nSPS) is 11.6. The van der Waals surface area contributed by atoms with Gasteiger partial charge in [0.25, 0.3) is 0 Å². The van der Waals surface area contributed by atoms with Crippen LogP contribution in [0.4, 0.5) is 0 Å². The minimum absolute atomic E-state index is 0.753. The quantitative estimate of drug-likeness (QED) is 0.0828. The van der Waals surface area contributed by atoms with E-state index in [2.05, 4.69) is 94.2 Å². The highest BCUT2D eigenvalue weighted by Crippen LogP contribution is 2.47. The molecule has 3 aromatic heterocycles. The smallest absolute Gasteiger partial charge is 0.128 e. The van der Waals surface area contributed by atoms with E-state index in [1.54, 1.807) is 22.7 Å². The van der Waals surface area contributed by atoms with Crippen molar-refractivity contribution in [3.05, 3.63) is 56.1 Å². The standard InChI is InChI=1S/C36H42Br2O2S3/c1-3-5-7-9-11-13-19-39-29-21-25-26-22-30(40-20-14-12-10-8-6-4-2)28(32-16-18-36(38)43-32)24-34(26)41-33(25)23-27(29)31-15-17-35(37)42-31/h15-18,21-24H,3-14,19-20H2,1-2H3. The summed E-state index contributed by atoms with van der Waals surface area (Å²) in [6.07, 6.45) is 15.1. The Balaban J connectivity index is 1.46. The van der Waals surface area contributed by atoms with E-state index in [1.165, 1.54) is 105 Å². The van der Waals surface area contributed by atoms with Crippen molar-refractivity contribution in [2.24, 2.45) is 0 Å². The van der Waals surface area contributed by atoms with Gasteiger partial charge in [0, 0.05) is 41.1 Å². The maximum absolute atomic E-state index is 6.54. The Bertz CT molecular complexity index is 1480. The minimum atomic E-state index is 0.753. The molecule has 0 saturated carbocycles. The van der Waals surface area contributed by atoms with Crippen LogP contribution in [0.2, 0.25) is 0 Å². The molecule has 230 valence electrons. The summed E-state index contributed by atoms with van der Waals surface area (Å²) in [5.41, 5.74) is 2.37. The van der Waals surface area contributed by atoms with Gasteiger partial charge in [-0.3, -0.25) is 0 Å². The number of thiophene rings is 3. The topological polar surface area (TPSA) is 18.5 Å². The lowest BCUT2D eigenvalue weighted by atomic mass is 10.0. The molecule has 0 atom stereocenters. The average Bonchev–Trinajstić information content (AvgIpc) is 3.73. The van der Waals surface area contributed by atoms with Crippen LogP contribution in [-0.2, 0) is 0 Å². The summed E-state index contributed by atoms with van der Waals surface area (Å²) in [7, 11) is 0. The molecular formula is C36H42Br2O2S3. The lowest BCUT2D eigenvalue weighted by molar-refractivity contribution is 0.305. The van der Waals surface area contributed by atoms with Gasteiger partial charge in [0.15, 0.2) is 0 Å². The molecule has 5 aromatic rings. The maximum Gasteiger partial charge on any atom is 0.128 e. The zero-order chi connectivity index (χ0) is 30.0. The first-order valence-corrected chi connectivity index (χ1v) is 19.9. The second-order valence-corrected chi connectivity index (χ2v) is 17.2. The van der Waals surface area contributed by atoms with Crippen molar-refractivity contribution in [1.29, 1.82) is 0 Å². The Morgan fingerprint density at radius 2 is 0.930 bits per heavy atom. The van der Waals surface area contributed by atoms with Crippen LogP contribution < -0.4 is 9.47 Å².